The Morgan fingerprint density at radius 3 is 2.45 bits per heavy atom. The van der Waals surface area contributed by atoms with Crippen LogP contribution < -0.4 is 10.2 Å². The lowest BCUT2D eigenvalue weighted by Crippen LogP contribution is -2.28. The number of hydrogen-bond acceptors (Lipinski definition) is 6. The zero-order valence-electron chi connectivity index (χ0n) is 15.7. The van der Waals surface area contributed by atoms with Crippen LogP contribution in [0, 0.1) is 23.0 Å². The molecule has 9 heteroatoms. The van der Waals surface area contributed by atoms with Gasteiger partial charge < -0.3 is 15.0 Å². The summed E-state index contributed by atoms with van der Waals surface area (Å²) < 4.78 is 5.05. The van der Waals surface area contributed by atoms with E-state index in [1.807, 2.05) is 19.1 Å². The van der Waals surface area contributed by atoms with E-state index in [2.05, 4.69) is 5.32 Å². The summed E-state index contributed by atoms with van der Waals surface area (Å²) in [5, 5.41) is 13.4. The lowest BCUT2D eigenvalue weighted by atomic mass is 10.1. The summed E-state index contributed by atoms with van der Waals surface area (Å²) >= 11 is 0. The second kappa shape index (κ2) is 8.51. The Labute approximate surface area is 166 Å². The highest BCUT2D eigenvalue weighted by Crippen LogP contribution is 2.27. The van der Waals surface area contributed by atoms with Crippen molar-refractivity contribution < 1.29 is 24.0 Å². The molecule has 0 aliphatic carbocycles. The molecule has 1 atom stereocenters. The van der Waals surface area contributed by atoms with Crippen molar-refractivity contribution in [3.8, 4) is 0 Å². The van der Waals surface area contributed by atoms with Crippen molar-refractivity contribution in [3.63, 3.8) is 0 Å². The number of hydrogen-bond donors (Lipinski definition) is 1. The number of amides is 2. The number of rotatable bonds is 6. The Balaban J connectivity index is 1.52. The molecule has 1 N–H and O–H groups in total. The predicted octanol–water partition coefficient (Wildman–Crippen LogP) is 2.44. The van der Waals surface area contributed by atoms with Crippen LogP contribution in [-0.4, -0.2) is 35.9 Å². The Morgan fingerprint density at radius 2 is 1.83 bits per heavy atom. The molecule has 150 valence electrons. The summed E-state index contributed by atoms with van der Waals surface area (Å²) in [5.41, 5.74) is 2.03. The van der Waals surface area contributed by atoms with Crippen molar-refractivity contribution in [2.24, 2.45) is 5.92 Å². The van der Waals surface area contributed by atoms with Gasteiger partial charge in [0.2, 0.25) is 5.91 Å². The van der Waals surface area contributed by atoms with Gasteiger partial charge in [-0.25, -0.2) is 0 Å². The van der Waals surface area contributed by atoms with Crippen molar-refractivity contribution in [1.29, 1.82) is 0 Å². The molecule has 1 aliphatic rings. The van der Waals surface area contributed by atoms with Crippen molar-refractivity contribution in [2.45, 2.75) is 13.3 Å². The molecule has 2 amide bonds. The van der Waals surface area contributed by atoms with Crippen molar-refractivity contribution in [3.05, 3.63) is 64.2 Å². The minimum Gasteiger partial charge on any atom is -0.455 e. The zero-order valence-corrected chi connectivity index (χ0v) is 15.7. The van der Waals surface area contributed by atoms with Gasteiger partial charge in [0.1, 0.15) is 0 Å². The van der Waals surface area contributed by atoms with Crippen LogP contribution in [0.2, 0.25) is 0 Å². The number of ether oxygens (including phenoxy) is 1. The van der Waals surface area contributed by atoms with Gasteiger partial charge in [0.15, 0.2) is 6.61 Å². The number of benzene rings is 2. The quantitative estimate of drug-likeness (QED) is 0.454. The first-order chi connectivity index (χ1) is 13.8. The monoisotopic (exact) mass is 397 g/mol. The number of carbonyl (C=O) groups excluding carboxylic acids is 3. The molecule has 1 fully saturated rings. The minimum absolute atomic E-state index is 0.0462. The van der Waals surface area contributed by atoms with E-state index in [4.69, 9.17) is 4.74 Å². The maximum Gasteiger partial charge on any atom is 0.311 e. The standard InChI is InChI=1S/C20H19N3O6/c1-13-2-4-15(5-3-13)21-18(24)12-29-20(26)14-10-19(25)22(11-14)16-6-8-17(9-7-16)23(27)28/h2-9,14H,10-12H2,1H3,(H,21,24)/t14-/m1/s1. The number of nitro benzene ring substituents is 1. The molecule has 0 saturated carbocycles. The Hall–Kier alpha value is -3.75. The van der Waals surface area contributed by atoms with Gasteiger partial charge in [-0.1, -0.05) is 17.7 Å². The highest BCUT2D eigenvalue weighted by atomic mass is 16.6. The van der Waals surface area contributed by atoms with Gasteiger partial charge in [0, 0.05) is 36.5 Å². The molecular formula is C20H19N3O6. The number of nitrogens with zero attached hydrogens (tertiary/aromatic N) is 2. The van der Waals surface area contributed by atoms with Gasteiger partial charge in [0.25, 0.3) is 11.6 Å². The van der Waals surface area contributed by atoms with Gasteiger partial charge in [-0.15, -0.1) is 0 Å². The number of nitrogens with one attached hydrogen (secondary N) is 1. The molecule has 0 radical (unpaired) electrons. The van der Waals surface area contributed by atoms with Crippen molar-refractivity contribution >= 4 is 34.8 Å². The third-order valence-electron chi connectivity index (χ3n) is 4.51. The van der Waals surface area contributed by atoms with E-state index in [1.54, 1.807) is 12.1 Å². The molecule has 0 spiro atoms. The van der Waals surface area contributed by atoms with Crippen LogP contribution in [0.5, 0.6) is 0 Å². The average molecular weight is 397 g/mol. The number of esters is 1. The highest BCUT2D eigenvalue weighted by molar-refractivity contribution is 6.00. The number of nitro groups is 1. The number of anilines is 2. The highest BCUT2D eigenvalue weighted by Gasteiger charge is 2.36. The summed E-state index contributed by atoms with van der Waals surface area (Å²) in [6.07, 6.45) is -0.0462. The van der Waals surface area contributed by atoms with Crippen LogP contribution >= 0.6 is 0 Å². The van der Waals surface area contributed by atoms with Crippen molar-refractivity contribution in [1.82, 2.24) is 0 Å². The Morgan fingerprint density at radius 1 is 1.17 bits per heavy atom. The van der Waals surface area contributed by atoms with E-state index < -0.39 is 29.3 Å². The molecule has 1 heterocycles. The molecule has 29 heavy (non-hydrogen) atoms. The smallest absolute Gasteiger partial charge is 0.311 e. The van der Waals surface area contributed by atoms with Crippen LogP contribution in [0.4, 0.5) is 17.1 Å². The lowest BCUT2D eigenvalue weighted by Gasteiger charge is -2.16. The summed E-state index contributed by atoms with van der Waals surface area (Å²) in [7, 11) is 0. The van der Waals surface area contributed by atoms with Crippen LogP contribution in [-0.2, 0) is 19.1 Å². The molecule has 2 aromatic rings. The molecule has 2 aromatic carbocycles. The summed E-state index contributed by atoms with van der Waals surface area (Å²) in [6, 6.07) is 12.7. The number of non-ortho nitro benzene ring substituents is 1. The van der Waals surface area contributed by atoms with Crippen LogP contribution in [0.15, 0.2) is 48.5 Å². The Kier molecular flexibility index (Phi) is 5.87. The predicted molar refractivity (Wildman–Crippen MR) is 104 cm³/mol. The summed E-state index contributed by atoms with van der Waals surface area (Å²) in [4.78, 5) is 48.0. The molecular weight excluding hydrogens is 378 g/mol. The maximum atomic E-state index is 12.2. The third kappa shape index (κ3) is 4.95. The van der Waals surface area contributed by atoms with E-state index in [1.165, 1.54) is 29.2 Å². The first kappa shape index (κ1) is 20.0. The number of carbonyl (C=O) groups is 3. The molecule has 1 aliphatic heterocycles. The van der Waals surface area contributed by atoms with E-state index >= 15 is 0 Å². The maximum absolute atomic E-state index is 12.2. The lowest BCUT2D eigenvalue weighted by molar-refractivity contribution is -0.384. The largest absolute Gasteiger partial charge is 0.455 e. The summed E-state index contributed by atoms with van der Waals surface area (Å²) in [5.74, 6) is -2.10. The molecule has 9 nitrogen and oxygen atoms in total. The zero-order chi connectivity index (χ0) is 21.0. The molecule has 3 rings (SSSR count). The SMILES string of the molecule is Cc1ccc(NC(=O)COC(=O)[C@@H]2CC(=O)N(c3ccc([N+](=O)[O-])cc3)C2)cc1. The second-order valence-electron chi connectivity index (χ2n) is 6.70. The van der Waals surface area contributed by atoms with Gasteiger partial charge in [-0.3, -0.25) is 24.5 Å². The van der Waals surface area contributed by atoms with Gasteiger partial charge >= 0.3 is 5.97 Å². The normalized spacial score (nSPS) is 15.8. The molecule has 0 aromatic heterocycles. The van der Waals surface area contributed by atoms with Gasteiger partial charge in [0.05, 0.1) is 10.8 Å². The molecule has 0 unspecified atom stereocenters. The Bertz CT molecular complexity index is 940. The van der Waals surface area contributed by atoms with E-state index in [9.17, 15) is 24.5 Å². The fourth-order valence-corrected chi connectivity index (χ4v) is 2.96. The van der Waals surface area contributed by atoms with Crippen LogP contribution in [0.3, 0.4) is 0 Å². The van der Waals surface area contributed by atoms with E-state index in [-0.39, 0.29) is 24.6 Å². The van der Waals surface area contributed by atoms with Crippen LogP contribution in [0.25, 0.3) is 0 Å². The summed E-state index contributed by atoms with van der Waals surface area (Å²) in [6.45, 7) is 1.57. The van der Waals surface area contributed by atoms with Gasteiger partial charge in [-0.2, -0.15) is 0 Å². The second-order valence-corrected chi connectivity index (χ2v) is 6.70. The minimum atomic E-state index is -0.704. The molecule has 0 bridgehead atoms. The molecule has 1 saturated heterocycles. The van der Waals surface area contributed by atoms with Crippen LogP contribution in [0.1, 0.15) is 12.0 Å². The fraction of sp³-hybridized carbons (Fsp3) is 0.250. The average Bonchev–Trinajstić information content (AvgIpc) is 3.09. The first-order valence-electron chi connectivity index (χ1n) is 8.91. The van der Waals surface area contributed by atoms with Gasteiger partial charge in [-0.05, 0) is 31.2 Å². The topological polar surface area (TPSA) is 119 Å². The first-order valence-corrected chi connectivity index (χ1v) is 8.91. The fourth-order valence-electron chi connectivity index (χ4n) is 2.96. The van der Waals surface area contributed by atoms with E-state index in [0.717, 1.165) is 5.56 Å². The van der Waals surface area contributed by atoms with Crippen molar-refractivity contribution in [2.75, 3.05) is 23.4 Å². The number of aryl methyl sites for hydroxylation is 1. The van der Waals surface area contributed by atoms with E-state index in [0.29, 0.717) is 11.4 Å². The third-order valence-corrected chi connectivity index (χ3v) is 4.51.